The van der Waals surface area contributed by atoms with E-state index < -0.39 is 10.7 Å². The second kappa shape index (κ2) is 13.3. The molecule has 0 saturated carbocycles. The zero-order valence-electron chi connectivity index (χ0n) is 21.9. The summed E-state index contributed by atoms with van der Waals surface area (Å²) in [5, 5.41) is 14.3. The first-order chi connectivity index (χ1) is 18.8. The zero-order valence-corrected chi connectivity index (χ0v) is 23.5. The average Bonchev–Trinajstić information content (AvgIpc) is 2.94. The number of ketones is 1. The Morgan fingerprint density at radius 1 is 0.821 bits per heavy atom. The molecule has 0 bridgehead atoms. The number of halogens is 1. The lowest BCUT2D eigenvalue weighted by molar-refractivity contribution is -0.385. The minimum Gasteiger partial charge on any atom is -0.493 e. The van der Waals surface area contributed by atoms with Crippen molar-refractivity contribution in [3.63, 3.8) is 0 Å². The van der Waals surface area contributed by atoms with Crippen LogP contribution in [0.1, 0.15) is 21.5 Å². The minimum atomic E-state index is -0.600. The average molecular weight is 599 g/mol. The van der Waals surface area contributed by atoms with Crippen LogP contribution in [0.3, 0.4) is 0 Å². The zero-order chi connectivity index (χ0) is 28.5. The van der Waals surface area contributed by atoms with Gasteiger partial charge in [0.2, 0.25) is 5.75 Å². The van der Waals surface area contributed by atoms with Crippen molar-refractivity contribution in [3.8, 4) is 28.7 Å². The van der Waals surface area contributed by atoms with Gasteiger partial charge in [-0.15, -0.1) is 0 Å². The fraction of sp³-hybridized carbons (Fsp3) is 0.179. The Balaban J connectivity index is 1.86. The van der Waals surface area contributed by atoms with Crippen LogP contribution in [-0.4, -0.2) is 46.3 Å². The third kappa shape index (κ3) is 6.88. The summed E-state index contributed by atoms with van der Waals surface area (Å²) in [4.78, 5) is 23.3. The van der Waals surface area contributed by atoms with Gasteiger partial charge < -0.3 is 29.0 Å². The van der Waals surface area contributed by atoms with Crippen molar-refractivity contribution < 1.29 is 33.4 Å². The van der Waals surface area contributed by atoms with Crippen LogP contribution in [0.25, 0.3) is 12.2 Å². The van der Waals surface area contributed by atoms with Crippen molar-refractivity contribution in [2.24, 2.45) is 0 Å². The highest BCUT2D eigenvalue weighted by Gasteiger charge is 2.17. The maximum atomic E-state index is 12.6. The highest BCUT2D eigenvalue weighted by Crippen LogP contribution is 2.39. The number of hydrogen-bond donors (Lipinski definition) is 1. The van der Waals surface area contributed by atoms with E-state index in [4.69, 9.17) is 23.7 Å². The number of carbonyl (C=O) groups excluding carboxylic acids is 1. The molecule has 39 heavy (non-hydrogen) atoms. The molecule has 0 aromatic heterocycles. The van der Waals surface area contributed by atoms with Crippen molar-refractivity contribution >= 4 is 45.2 Å². The molecule has 10 nitrogen and oxygen atoms in total. The molecular formula is C28H27BrN2O8. The number of benzene rings is 3. The molecule has 0 unspecified atom stereocenters. The molecule has 0 saturated heterocycles. The van der Waals surface area contributed by atoms with Crippen LogP contribution in [-0.2, 0) is 0 Å². The van der Waals surface area contributed by atoms with E-state index in [0.717, 1.165) is 11.1 Å². The maximum absolute atomic E-state index is 12.6. The first-order valence-corrected chi connectivity index (χ1v) is 12.2. The van der Waals surface area contributed by atoms with Crippen LogP contribution in [0, 0.1) is 10.1 Å². The number of methoxy groups -OCH3 is 5. The topological polar surface area (TPSA) is 118 Å². The fourth-order valence-electron chi connectivity index (χ4n) is 3.70. The van der Waals surface area contributed by atoms with Crippen molar-refractivity contribution in [2.75, 3.05) is 40.9 Å². The number of nitrogens with zero attached hydrogens (tertiary/aromatic N) is 1. The first-order valence-electron chi connectivity index (χ1n) is 11.4. The van der Waals surface area contributed by atoms with E-state index in [-0.39, 0.29) is 17.0 Å². The Hall–Kier alpha value is -4.51. The second-order valence-electron chi connectivity index (χ2n) is 7.86. The summed E-state index contributed by atoms with van der Waals surface area (Å²) in [5.41, 5.74) is 2.09. The van der Waals surface area contributed by atoms with Gasteiger partial charge in [0.05, 0.1) is 50.6 Å². The van der Waals surface area contributed by atoms with E-state index in [0.29, 0.717) is 33.2 Å². The number of nitro benzene ring substituents is 1. The van der Waals surface area contributed by atoms with Gasteiger partial charge in [0.25, 0.3) is 0 Å². The van der Waals surface area contributed by atoms with Crippen LogP contribution in [0.4, 0.5) is 11.4 Å². The van der Waals surface area contributed by atoms with Gasteiger partial charge in [-0.25, -0.2) is 0 Å². The summed E-state index contributed by atoms with van der Waals surface area (Å²) in [6.07, 6.45) is 6.49. The van der Waals surface area contributed by atoms with Gasteiger partial charge in [-0.1, -0.05) is 12.2 Å². The molecule has 0 aliphatic heterocycles. The smallest absolute Gasteiger partial charge is 0.311 e. The lowest BCUT2D eigenvalue weighted by atomic mass is 10.1. The normalized spacial score (nSPS) is 10.9. The Morgan fingerprint density at radius 2 is 1.41 bits per heavy atom. The van der Waals surface area contributed by atoms with Crippen molar-refractivity contribution in [1.29, 1.82) is 0 Å². The van der Waals surface area contributed by atoms with E-state index in [1.165, 1.54) is 44.7 Å². The van der Waals surface area contributed by atoms with Crippen molar-refractivity contribution in [2.45, 2.75) is 0 Å². The Kier molecular flexibility index (Phi) is 9.93. The van der Waals surface area contributed by atoms with Gasteiger partial charge in [-0.3, -0.25) is 14.9 Å². The lowest BCUT2D eigenvalue weighted by Gasteiger charge is -2.13. The van der Waals surface area contributed by atoms with E-state index in [1.807, 2.05) is 36.4 Å². The van der Waals surface area contributed by atoms with Gasteiger partial charge in [-0.2, -0.15) is 0 Å². The molecule has 0 spiro atoms. The van der Waals surface area contributed by atoms with Gasteiger partial charge in [-0.05, 0) is 63.5 Å². The molecule has 3 aromatic rings. The molecule has 3 aromatic carbocycles. The van der Waals surface area contributed by atoms with Crippen LogP contribution >= 0.6 is 15.9 Å². The molecule has 1 N–H and O–H groups in total. The van der Waals surface area contributed by atoms with E-state index >= 15 is 0 Å². The lowest BCUT2D eigenvalue weighted by Crippen LogP contribution is -2.00. The summed E-state index contributed by atoms with van der Waals surface area (Å²) < 4.78 is 27.4. The molecule has 11 heteroatoms. The SMILES string of the molecule is COc1ccc(C(=O)C=CNc2cc(C=Cc3cc(OC)c(OC)c(OC)c3)cc(Br)c2OC)cc1[N+](=O)[O-]. The Bertz CT molecular complexity index is 1410. The van der Waals surface area contributed by atoms with Crippen LogP contribution in [0.15, 0.2) is 59.2 Å². The predicted molar refractivity (Wildman–Crippen MR) is 152 cm³/mol. The molecule has 0 heterocycles. The first kappa shape index (κ1) is 29.1. The third-order valence-corrected chi connectivity index (χ3v) is 6.15. The highest BCUT2D eigenvalue weighted by molar-refractivity contribution is 9.10. The quantitative estimate of drug-likeness (QED) is 0.0832. The van der Waals surface area contributed by atoms with E-state index in [1.54, 1.807) is 21.3 Å². The third-order valence-electron chi connectivity index (χ3n) is 5.56. The number of carbonyl (C=O) groups is 1. The van der Waals surface area contributed by atoms with Gasteiger partial charge in [0.15, 0.2) is 28.8 Å². The van der Waals surface area contributed by atoms with E-state index in [2.05, 4.69) is 21.2 Å². The molecule has 0 aliphatic rings. The van der Waals surface area contributed by atoms with Crippen LogP contribution < -0.4 is 29.0 Å². The standard InChI is InChI=1S/C28H27BrN2O8/c1-35-24-9-8-19(16-22(24)31(33)34)23(32)10-11-30-21-13-17(12-20(29)27(21)38-4)6-7-18-14-25(36-2)28(39-5)26(15-18)37-3/h6-16,30H,1-5H3. The molecule has 0 radical (unpaired) electrons. The van der Waals surface area contributed by atoms with Gasteiger partial charge in [0.1, 0.15) is 0 Å². The fourth-order valence-corrected chi connectivity index (χ4v) is 4.34. The number of allylic oxidation sites excluding steroid dienone is 1. The second-order valence-corrected chi connectivity index (χ2v) is 8.72. The molecule has 0 fully saturated rings. The monoisotopic (exact) mass is 598 g/mol. The molecule has 0 atom stereocenters. The summed E-state index contributed by atoms with van der Waals surface area (Å²) in [7, 11) is 7.51. The highest BCUT2D eigenvalue weighted by atomic mass is 79.9. The number of ether oxygens (including phenoxy) is 5. The molecule has 3 rings (SSSR count). The number of anilines is 1. The largest absolute Gasteiger partial charge is 0.493 e. The van der Waals surface area contributed by atoms with E-state index in [9.17, 15) is 14.9 Å². The Labute approximate surface area is 234 Å². The van der Waals surface area contributed by atoms with Gasteiger partial charge >= 0.3 is 5.69 Å². The summed E-state index contributed by atoms with van der Waals surface area (Å²) >= 11 is 3.52. The van der Waals surface area contributed by atoms with Crippen molar-refractivity contribution in [1.82, 2.24) is 0 Å². The number of hydrogen-bond acceptors (Lipinski definition) is 9. The maximum Gasteiger partial charge on any atom is 0.311 e. The number of nitro groups is 1. The Morgan fingerprint density at radius 3 is 1.95 bits per heavy atom. The summed E-state index contributed by atoms with van der Waals surface area (Å²) in [5.74, 6) is 1.74. The number of nitrogens with one attached hydrogen (secondary N) is 1. The molecular weight excluding hydrogens is 572 g/mol. The summed E-state index contributed by atoms with van der Waals surface area (Å²) in [6, 6.07) is 11.4. The minimum absolute atomic E-state index is 0.0737. The predicted octanol–water partition coefficient (Wildman–Crippen LogP) is 6.38. The van der Waals surface area contributed by atoms with Crippen LogP contribution in [0.2, 0.25) is 0 Å². The van der Waals surface area contributed by atoms with Gasteiger partial charge in [0, 0.05) is 23.9 Å². The molecule has 204 valence electrons. The van der Waals surface area contributed by atoms with Crippen molar-refractivity contribution in [3.05, 3.63) is 86.0 Å². The number of rotatable bonds is 12. The molecule has 0 amide bonds. The molecule has 0 aliphatic carbocycles. The summed E-state index contributed by atoms with van der Waals surface area (Å²) in [6.45, 7) is 0. The van der Waals surface area contributed by atoms with Crippen LogP contribution in [0.5, 0.6) is 28.7 Å².